The van der Waals surface area contributed by atoms with Gasteiger partial charge in [-0.2, -0.15) is 11.8 Å². The van der Waals surface area contributed by atoms with E-state index in [2.05, 4.69) is 31.5 Å². The molecular weight excluding hydrogens is 258 g/mol. The first-order valence-electron chi connectivity index (χ1n) is 6.38. The van der Waals surface area contributed by atoms with Crippen molar-refractivity contribution in [3.63, 3.8) is 0 Å². The first kappa shape index (κ1) is 16.1. The van der Waals surface area contributed by atoms with Crippen molar-refractivity contribution in [2.75, 3.05) is 19.9 Å². The lowest BCUT2D eigenvalue weighted by atomic mass is 10.0. The molecule has 1 aromatic rings. The fraction of sp³-hybridized carbons (Fsp3) is 0.533. The number of rotatable bonds is 7. The summed E-state index contributed by atoms with van der Waals surface area (Å²) < 4.78 is 4.94. The third-order valence-electron chi connectivity index (χ3n) is 3.10. The van der Waals surface area contributed by atoms with E-state index in [1.165, 1.54) is 7.11 Å². The van der Waals surface area contributed by atoms with Gasteiger partial charge in [-0.3, -0.25) is 4.79 Å². The number of methoxy groups -OCH3 is 1. The number of hydrogen-bond donors (Lipinski definition) is 1. The van der Waals surface area contributed by atoms with Crippen molar-refractivity contribution >= 4 is 17.7 Å². The molecule has 106 valence electrons. The molecule has 0 aliphatic rings. The van der Waals surface area contributed by atoms with Gasteiger partial charge in [-0.05, 0) is 31.2 Å². The van der Waals surface area contributed by atoms with E-state index >= 15 is 0 Å². The van der Waals surface area contributed by atoms with E-state index in [0.717, 1.165) is 24.2 Å². The van der Waals surface area contributed by atoms with Crippen molar-refractivity contribution in [3.8, 4) is 0 Å². The Morgan fingerprint density at radius 2 is 1.95 bits per heavy atom. The molecule has 1 N–H and O–H groups in total. The lowest BCUT2D eigenvalue weighted by Gasteiger charge is -2.22. The lowest BCUT2D eigenvalue weighted by Crippen LogP contribution is -2.31. The van der Waals surface area contributed by atoms with Crippen molar-refractivity contribution in [2.45, 2.75) is 31.6 Å². The van der Waals surface area contributed by atoms with Crippen LogP contribution >= 0.6 is 11.8 Å². The van der Waals surface area contributed by atoms with Gasteiger partial charge in [0.05, 0.1) is 13.5 Å². The summed E-state index contributed by atoms with van der Waals surface area (Å²) in [5.41, 5.74) is 2.19. The second-order valence-electron chi connectivity index (χ2n) is 5.09. The number of carbonyl (C=O) groups excluding carboxylic acids is 1. The topological polar surface area (TPSA) is 38.3 Å². The summed E-state index contributed by atoms with van der Waals surface area (Å²) in [6.45, 7) is 6.13. The highest BCUT2D eigenvalue weighted by Gasteiger charge is 2.15. The largest absolute Gasteiger partial charge is 0.469 e. The molecule has 1 rings (SSSR count). The zero-order valence-electron chi connectivity index (χ0n) is 12.2. The smallest absolute Gasteiger partial charge is 0.309 e. The number of carbonyl (C=O) groups is 1. The Morgan fingerprint density at radius 1 is 1.32 bits per heavy atom. The molecule has 0 heterocycles. The molecule has 0 unspecified atom stereocenters. The van der Waals surface area contributed by atoms with Gasteiger partial charge in [-0.25, -0.2) is 0 Å². The maximum atomic E-state index is 11.4. The van der Waals surface area contributed by atoms with Crippen LogP contribution in [0.3, 0.4) is 0 Å². The van der Waals surface area contributed by atoms with Crippen LogP contribution in [0.15, 0.2) is 24.3 Å². The molecule has 0 aliphatic heterocycles. The van der Waals surface area contributed by atoms with Crippen LogP contribution in [0.5, 0.6) is 0 Å². The summed E-state index contributed by atoms with van der Waals surface area (Å²) in [7, 11) is 1.42. The number of thioether (sulfide) groups is 1. The summed E-state index contributed by atoms with van der Waals surface area (Å²) >= 11 is 1.84. The van der Waals surface area contributed by atoms with Gasteiger partial charge in [0.25, 0.3) is 0 Å². The number of hydrogen-bond acceptors (Lipinski definition) is 4. The fourth-order valence-corrected chi connectivity index (χ4v) is 1.95. The van der Waals surface area contributed by atoms with Crippen LogP contribution in [0, 0.1) is 0 Å². The Bertz CT molecular complexity index is 418. The maximum Gasteiger partial charge on any atom is 0.309 e. The minimum Gasteiger partial charge on any atom is -0.469 e. The molecule has 0 saturated carbocycles. The molecule has 0 aromatic heterocycles. The monoisotopic (exact) mass is 281 g/mol. The fourth-order valence-electron chi connectivity index (χ4n) is 1.70. The molecule has 0 bridgehead atoms. The molecule has 3 nitrogen and oxygen atoms in total. The van der Waals surface area contributed by atoms with Gasteiger partial charge in [-0.15, -0.1) is 0 Å². The van der Waals surface area contributed by atoms with Gasteiger partial charge >= 0.3 is 5.97 Å². The first-order valence-corrected chi connectivity index (χ1v) is 7.60. The van der Waals surface area contributed by atoms with Crippen LogP contribution in [0.4, 0.5) is 0 Å². The molecule has 0 fully saturated rings. The van der Waals surface area contributed by atoms with Crippen LogP contribution in [0.1, 0.15) is 25.0 Å². The molecule has 0 spiro atoms. The second kappa shape index (κ2) is 7.56. The SMILES string of the molecule is COC(=O)Cc1ccccc1CNCC(C)(C)SC. The van der Waals surface area contributed by atoms with E-state index in [1.807, 2.05) is 30.0 Å². The normalized spacial score (nSPS) is 11.4. The zero-order chi connectivity index (χ0) is 14.3. The zero-order valence-corrected chi connectivity index (χ0v) is 13.0. The van der Waals surface area contributed by atoms with Crippen molar-refractivity contribution in [1.29, 1.82) is 0 Å². The van der Waals surface area contributed by atoms with E-state index in [1.54, 1.807) is 0 Å². The molecule has 1 aromatic carbocycles. The summed E-state index contributed by atoms with van der Waals surface area (Å²) in [6, 6.07) is 7.98. The minimum atomic E-state index is -0.197. The molecule has 0 aliphatic carbocycles. The summed E-state index contributed by atoms with van der Waals surface area (Å²) in [5.74, 6) is -0.197. The van der Waals surface area contributed by atoms with Gasteiger partial charge in [0.1, 0.15) is 0 Å². The van der Waals surface area contributed by atoms with Crippen LogP contribution in [-0.4, -0.2) is 30.6 Å². The third kappa shape index (κ3) is 5.66. The van der Waals surface area contributed by atoms with E-state index < -0.39 is 0 Å². The van der Waals surface area contributed by atoms with Crippen LogP contribution in [0.2, 0.25) is 0 Å². The predicted octanol–water partition coefficient (Wildman–Crippen LogP) is 2.63. The highest BCUT2D eigenvalue weighted by molar-refractivity contribution is 7.99. The van der Waals surface area contributed by atoms with Crippen molar-refractivity contribution in [1.82, 2.24) is 5.32 Å². The Morgan fingerprint density at radius 3 is 2.53 bits per heavy atom. The van der Waals surface area contributed by atoms with Crippen molar-refractivity contribution in [3.05, 3.63) is 35.4 Å². The first-order chi connectivity index (χ1) is 8.98. The predicted molar refractivity (Wildman–Crippen MR) is 81.5 cm³/mol. The average Bonchev–Trinajstić information content (AvgIpc) is 2.40. The molecule has 0 amide bonds. The number of ether oxygens (including phenoxy) is 1. The Kier molecular flexibility index (Phi) is 6.38. The number of esters is 1. The van der Waals surface area contributed by atoms with Gasteiger partial charge in [0.15, 0.2) is 0 Å². The maximum absolute atomic E-state index is 11.4. The highest BCUT2D eigenvalue weighted by atomic mass is 32.2. The van der Waals surface area contributed by atoms with E-state index in [0.29, 0.717) is 6.42 Å². The average molecular weight is 281 g/mol. The summed E-state index contributed by atoms with van der Waals surface area (Å²) in [4.78, 5) is 11.4. The van der Waals surface area contributed by atoms with Crippen molar-refractivity contribution < 1.29 is 9.53 Å². The Hall–Kier alpha value is -1.00. The van der Waals surface area contributed by atoms with E-state index in [4.69, 9.17) is 4.74 Å². The van der Waals surface area contributed by atoms with Gasteiger partial charge in [0.2, 0.25) is 0 Å². The minimum absolute atomic E-state index is 0.197. The Balaban J connectivity index is 2.60. The van der Waals surface area contributed by atoms with Crippen molar-refractivity contribution in [2.24, 2.45) is 0 Å². The second-order valence-corrected chi connectivity index (χ2v) is 6.60. The van der Waals surface area contributed by atoms with Gasteiger partial charge in [-0.1, -0.05) is 24.3 Å². The lowest BCUT2D eigenvalue weighted by molar-refractivity contribution is -0.139. The molecular formula is C15H23NO2S. The number of benzene rings is 1. The highest BCUT2D eigenvalue weighted by Crippen LogP contribution is 2.20. The van der Waals surface area contributed by atoms with Gasteiger partial charge < -0.3 is 10.1 Å². The van der Waals surface area contributed by atoms with Crippen LogP contribution in [-0.2, 0) is 22.5 Å². The van der Waals surface area contributed by atoms with E-state index in [9.17, 15) is 4.79 Å². The quantitative estimate of drug-likeness (QED) is 0.780. The molecule has 19 heavy (non-hydrogen) atoms. The summed E-state index contributed by atoms with van der Waals surface area (Å²) in [5, 5.41) is 3.45. The van der Waals surface area contributed by atoms with Crippen LogP contribution in [0.25, 0.3) is 0 Å². The number of nitrogens with one attached hydrogen (secondary N) is 1. The van der Waals surface area contributed by atoms with Gasteiger partial charge in [0, 0.05) is 17.8 Å². The summed E-state index contributed by atoms with van der Waals surface area (Å²) in [6.07, 6.45) is 2.45. The Labute approximate surface area is 120 Å². The molecule has 0 saturated heterocycles. The third-order valence-corrected chi connectivity index (χ3v) is 4.35. The standard InChI is InChI=1S/C15H23NO2S/c1-15(2,19-4)11-16-10-13-8-6-5-7-12(13)9-14(17)18-3/h5-8,16H,9-11H2,1-4H3. The molecule has 0 atom stereocenters. The molecule has 4 heteroatoms. The van der Waals surface area contributed by atoms with E-state index in [-0.39, 0.29) is 10.7 Å². The van der Waals surface area contributed by atoms with Crippen LogP contribution < -0.4 is 5.32 Å². The molecule has 0 radical (unpaired) electrons.